The molecule has 1 aliphatic rings. The number of allylic oxidation sites excluding steroid dienone is 3. The highest BCUT2D eigenvalue weighted by atomic mass is 15.3. The summed E-state index contributed by atoms with van der Waals surface area (Å²) in [5.41, 5.74) is 3.42. The first-order valence-electron chi connectivity index (χ1n) is 11.2. The Morgan fingerprint density at radius 2 is 1.84 bits per heavy atom. The van der Waals surface area contributed by atoms with Crippen molar-refractivity contribution in [1.29, 1.82) is 0 Å². The van der Waals surface area contributed by atoms with Crippen LogP contribution < -0.4 is 10.2 Å². The normalized spacial score (nSPS) is 15.7. The first kappa shape index (κ1) is 21.0. The van der Waals surface area contributed by atoms with Gasteiger partial charge in [0, 0.05) is 54.9 Å². The highest BCUT2D eigenvalue weighted by Crippen LogP contribution is 2.27. The van der Waals surface area contributed by atoms with Crippen molar-refractivity contribution in [3.63, 3.8) is 0 Å². The topological polar surface area (TPSA) is 53.9 Å². The maximum absolute atomic E-state index is 4.70. The third-order valence-corrected chi connectivity index (χ3v) is 5.68. The summed E-state index contributed by atoms with van der Waals surface area (Å²) >= 11 is 0. The van der Waals surface area contributed by atoms with E-state index in [1.807, 2.05) is 24.5 Å². The number of aromatic nitrogens is 3. The first-order chi connectivity index (χ1) is 15.2. The maximum atomic E-state index is 4.70. The SMILES string of the molecule is CCCN(CCNC1=CCC(C)C=C1)c1nnc(Cc2ccncc2)c2ccccc12. The summed E-state index contributed by atoms with van der Waals surface area (Å²) in [6.07, 6.45) is 13.3. The minimum atomic E-state index is 0.634. The van der Waals surface area contributed by atoms with Crippen molar-refractivity contribution in [1.82, 2.24) is 20.5 Å². The predicted octanol–water partition coefficient (Wildman–Crippen LogP) is 4.90. The van der Waals surface area contributed by atoms with Crippen molar-refractivity contribution in [2.75, 3.05) is 24.5 Å². The van der Waals surface area contributed by atoms with Gasteiger partial charge in [0.15, 0.2) is 5.82 Å². The summed E-state index contributed by atoms with van der Waals surface area (Å²) in [5, 5.41) is 15.3. The Morgan fingerprint density at radius 1 is 1.03 bits per heavy atom. The Balaban J connectivity index is 1.54. The van der Waals surface area contributed by atoms with E-state index in [1.54, 1.807) is 0 Å². The number of hydrogen-bond donors (Lipinski definition) is 1. The number of benzene rings is 1. The number of rotatable bonds is 9. The van der Waals surface area contributed by atoms with Crippen LogP contribution in [0.5, 0.6) is 0 Å². The molecule has 160 valence electrons. The molecule has 0 aliphatic heterocycles. The average molecular weight is 414 g/mol. The highest BCUT2D eigenvalue weighted by molar-refractivity contribution is 5.93. The van der Waals surface area contributed by atoms with E-state index in [9.17, 15) is 0 Å². The quantitative estimate of drug-likeness (QED) is 0.541. The monoisotopic (exact) mass is 413 g/mol. The molecule has 0 radical (unpaired) electrons. The van der Waals surface area contributed by atoms with Gasteiger partial charge in [-0.1, -0.05) is 50.3 Å². The second kappa shape index (κ2) is 10.2. The lowest BCUT2D eigenvalue weighted by molar-refractivity contribution is 0.683. The zero-order chi connectivity index (χ0) is 21.5. The summed E-state index contributed by atoms with van der Waals surface area (Å²) in [4.78, 5) is 6.47. The predicted molar refractivity (Wildman–Crippen MR) is 128 cm³/mol. The summed E-state index contributed by atoms with van der Waals surface area (Å²) in [6.45, 7) is 7.17. The summed E-state index contributed by atoms with van der Waals surface area (Å²) in [7, 11) is 0. The smallest absolute Gasteiger partial charge is 0.159 e. The molecule has 5 nitrogen and oxygen atoms in total. The maximum Gasteiger partial charge on any atom is 0.159 e. The molecular weight excluding hydrogens is 382 g/mol. The molecule has 0 bridgehead atoms. The second-order valence-electron chi connectivity index (χ2n) is 8.19. The van der Waals surface area contributed by atoms with Crippen LogP contribution >= 0.6 is 0 Å². The van der Waals surface area contributed by atoms with Gasteiger partial charge in [-0.15, -0.1) is 5.10 Å². The van der Waals surface area contributed by atoms with Crippen LogP contribution in [0.1, 0.15) is 37.9 Å². The van der Waals surface area contributed by atoms with E-state index in [4.69, 9.17) is 5.10 Å². The van der Waals surface area contributed by atoms with Gasteiger partial charge in [0.1, 0.15) is 0 Å². The molecule has 0 amide bonds. The number of nitrogens with zero attached hydrogens (tertiary/aromatic N) is 4. The van der Waals surface area contributed by atoms with Crippen LogP contribution in [0.15, 0.2) is 72.7 Å². The third-order valence-electron chi connectivity index (χ3n) is 5.68. The van der Waals surface area contributed by atoms with Crippen molar-refractivity contribution in [3.05, 3.63) is 84.0 Å². The van der Waals surface area contributed by atoms with Crippen molar-refractivity contribution in [3.8, 4) is 0 Å². The number of anilines is 1. The van der Waals surface area contributed by atoms with Crippen LogP contribution in [0.4, 0.5) is 5.82 Å². The van der Waals surface area contributed by atoms with Gasteiger partial charge in [-0.3, -0.25) is 4.98 Å². The van der Waals surface area contributed by atoms with Gasteiger partial charge in [0.05, 0.1) is 5.69 Å². The molecule has 1 atom stereocenters. The molecule has 31 heavy (non-hydrogen) atoms. The molecule has 1 aliphatic carbocycles. The van der Waals surface area contributed by atoms with E-state index in [-0.39, 0.29) is 0 Å². The number of nitrogens with one attached hydrogen (secondary N) is 1. The van der Waals surface area contributed by atoms with E-state index < -0.39 is 0 Å². The van der Waals surface area contributed by atoms with Crippen LogP contribution in [0.25, 0.3) is 10.8 Å². The van der Waals surface area contributed by atoms with Gasteiger partial charge in [0.25, 0.3) is 0 Å². The third kappa shape index (κ3) is 5.29. The minimum absolute atomic E-state index is 0.634. The van der Waals surface area contributed by atoms with E-state index in [2.05, 4.69) is 76.6 Å². The molecular formula is C26H31N5. The van der Waals surface area contributed by atoms with Gasteiger partial charge in [-0.05, 0) is 42.5 Å². The number of pyridine rings is 1. The Morgan fingerprint density at radius 3 is 2.58 bits per heavy atom. The van der Waals surface area contributed by atoms with Crippen molar-refractivity contribution < 1.29 is 0 Å². The Hall–Kier alpha value is -3.21. The molecule has 2 aromatic heterocycles. The molecule has 1 aromatic carbocycles. The Bertz CT molecular complexity index is 1060. The molecule has 0 spiro atoms. The van der Waals surface area contributed by atoms with Crippen LogP contribution in [0.2, 0.25) is 0 Å². The summed E-state index contributed by atoms with van der Waals surface area (Å²) in [5.74, 6) is 1.61. The average Bonchev–Trinajstić information content (AvgIpc) is 2.81. The van der Waals surface area contributed by atoms with E-state index in [1.165, 1.54) is 22.0 Å². The van der Waals surface area contributed by atoms with Crippen molar-refractivity contribution >= 4 is 16.6 Å². The molecule has 0 saturated carbocycles. The lowest BCUT2D eigenvalue weighted by Gasteiger charge is -2.25. The molecule has 2 heterocycles. The fraction of sp³-hybridized carbons (Fsp3) is 0.346. The van der Waals surface area contributed by atoms with E-state index in [0.717, 1.165) is 50.4 Å². The summed E-state index contributed by atoms with van der Waals surface area (Å²) < 4.78 is 0. The lowest BCUT2D eigenvalue weighted by atomic mass is 10.0. The first-order valence-corrected chi connectivity index (χ1v) is 11.2. The fourth-order valence-electron chi connectivity index (χ4n) is 3.99. The highest BCUT2D eigenvalue weighted by Gasteiger charge is 2.15. The molecule has 1 N–H and O–H groups in total. The zero-order valence-electron chi connectivity index (χ0n) is 18.5. The van der Waals surface area contributed by atoms with Gasteiger partial charge in [-0.2, -0.15) is 5.10 Å². The van der Waals surface area contributed by atoms with Crippen molar-refractivity contribution in [2.24, 2.45) is 5.92 Å². The van der Waals surface area contributed by atoms with Crippen LogP contribution in [0.3, 0.4) is 0 Å². The van der Waals surface area contributed by atoms with Gasteiger partial charge in [0.2, 0.25) is 0 Å². The van der Waals surface area contributed by atoms with E-state index >= 15 is 0 Å². The molecule has 0 fully saturated rings. The van der Waals surface area contributed by atoms with Gasteiger partial charge >= 0.3 is 0 Å². The van der Waals surface area contributed by atoms with Crippen LogP contribution in [-0.4, -0.2) is 34.8 Å². The lowest BCUT2D eigenvalue weighted by Crippen LogP contribution is -2.33. The minimum Gasteiger partial charge on any atom is -0.384 e. The fourth-order valence-corrected chi connectivity index (χ4v) is 3.99. The summed E-state index contributed by atoms with van der Waals surface area (Å²) in [6, 6.07) is 12.6. The molecule has 3 aromatic rings. The standard InChI is InChI=1S/C26H31N5/c1-3-17-31(18-16-28-22-10-8-20(2)9-11-22)26-24-7-5-4-6-23(24)25(29-30-26)19-21-12-14-27-15-13-21/h4-8,10-15,20,28H,3,9,16-19H2,1-2H3. The van der Waals surface area contributed by atoms with Crippen LogP contribution in [0, 0.1) is 5.92 Å². The van der Waals surface area contributed by atoms with E-state index in [0.29, 0.717) is 5.92 Å². The Labute approximate surface area is 184 Å². The number of hydrogen-bond acceptors (Lipinski definition) is 5. The number of fused-ring (bicyclic) bond motifs is 1. The largest absolute Gasteiger partial charge is 0.384 e. The second-order valence-corrected chi connectivity index (χ2v) is 8.19. The van der Waals surface area contributed by atoms with Gasteiger partial charge < -0.3 is 10.2 Å². The molecule has 0 saturated heterocycles. The van der Waals surface area contributed by atoms with Crippen molar-refractivity contribution in [2.45, 2.75) is 33.1 Å². The molecule has 4 rings (SSSR count). The van der Waals surface area contributed by atoms with Crippen LogP contribution in [-0.2, 0) is 6.42 Å². The zero-order valence-corrected chi connectivity index (χ0v) is 18.5. The van der Waals surface area contributed by atoms with Gasteiger partial charge in [-0.25, -0.2) is 0 Å². The molecule has 1 unspecified atom stereocenters. The molecule has 5 heteroatoms. The Kier molecular flexibility index (Phi) is 6.92.